The van der Waals surface area contributed by atoms with E-state index in [0.29, 0.717) is 34.7 Å². The van der Waals surface area contributed by atoms with Gasteiger partial charge < -0.3 is 24.4 Å². The molecule has 0 radical (unpaired) electrons. The number of nitrogens with zero attached hydrogens (tertiary/aromatic N) is 4. The molecular weight excluding hydrogens is 510 g/mol. The number of benzene rings is 3. The van der Waals surface area contributed by atoms with Gasteiger partial charge in [-0.1, -0.05) is 42.5 Å². The smallest absolute Gasteiger partial charge is 0.247 e. The highest BCUT2D eigenvalue weighted by Crippen LogP contribution is 2.34. The van der Waals surface area contributed by atoms with Gasteiger partial charge in [0.25, 0.3) is 0 Å². The van der Waals surface area contributed by atoms with Crippen LogP contribution < -0.4 is 19.5 Å². The van der Waals surface area contributed by atoms with Crippen LogP contribution in [0.1, 0.15) is 44.4 Å². The zero-order chi connectivity index (χ0) is 28.3. The van der Waals surface area contributed by atoms with E-state index in [2.05, 4.69) is 15.6 Å². The van der Waals surface area contributed by atoms with Gasteiger partial charge in [0.1, 0.15) is 23.9 Å². The topological polar surface area (TPSA) is 108 Å². The van der Waals surface area contributed by atoms with E-state index in [1.165, 1.54) is 0 Å². The molecule has 0 aliphatic carbocycles. The number of amides is 2. The summed E-state index contributed by atoms with van der Waals surface area (Å²) in [5.41, 5.74) is 2.35. The van der Waals surface area contributed by atoms with Crippen LogP contribution in [0.3, 0.4) is 0 Å². The van der Waals surface area contributed by atoms with Gasteiger partial charge in [-0.25, -0.2) is 4.68 Å². The molecule has 10 nitrogen and oxygen atoms in total. The predicted octanol–water partition coefficient (Wildman–Crippen LogP) is 4.24. The third-order valence-corrected chi connectivity index (χ3v) is 7.13. The third kappa shape index (κ3) is 5.70. The highest BCUT2D eigenvalue weighted by atomic mass is 16.7. The standard InChI is InChI=1S/C30H33N5O5/c1-5-30(2,3)31-29(37)28(21-9-8-10-22(16-21)38-4)34(17-20-13-14-25-26(15-20)40-19-39-25)27(36)18-35-24-12-7-6-11-23(24)32-33-35/h6-16,28H,5,17-19H2,1-4H3,(H,31,37). The lowest BCUT2D eigenvalue weighted by atomic mass is 9.98. The van der Waals surface area contributed by atoms with Crippen LogP contribution in [-0.4, -0.2) is 51.1 Å². The van der Waals surface area contributed by atoms with Gasteiger partial charge >= 0.3 is 0 Å². The normalized spacial score (nSPS) is 13.2. The number of fused-ring (bicyclic) bond motifs is 2. The molecule has 1 aliphatic heterocycles. The van der Waals surface area contributed by atoms with E-state index >= 15 is 0 Å². The number of hydrogen-bond acceptors (Lipinski definition) is 7. The first-order valence-corrected chi connectivity index (χ1v) is 13.2. The summed E-state index contributed by atoms with van der Waals surface area (Å²) in [5, 5.41) is 11.5. The first-order valence-electron chi connectivity index (χ1n) is 13.2. The van der Waals surface area contributed by atoms with Gasteiger partial charge in [-0.3, -0.25) is 9.59 Å². The van der Waals surface area contributed by atoms with Crippen molar-refractivity contribution in [3.63, 3.8) is 0 Å². The minimum absolute atomic E-state index is 0.101. The number of hydrogen-bond donors (Lipinski definition) is 1. The van der Waals surface area contributed by atoms with E-state index in [1.807, 2.05) is 75.4 Å². The van der Waals surface area contributed by atoms with Gasteiger partial charge in [0.2, 0.25) is 18.6 Å². The number of carbonyl (C=O) groups excluding carboxylic acids is 2. The molecule has 40 heavy (non-hydrogen) atoms. The molecule has 1 N–H and O–H groups in total. The number of para-hydroxylation sites is 1. The highest BCUT2D eigenvalue weighted by Gasteiger charge is 2.35. The van der Waals surface area contributed by atoms with Crippen molar-refractivity contribution in [3.8, 4) is 17.2 Å². The number of methoxy groups -OCH3 is 1. The average Bonchev–Trinajstić information content (AvgIpc) is 3.59. The fourth-order valence-corrected chi connectivity index (χ4v) is 4.59. The molecule has 10 heteroatoms. The fourth-order valence-electron chi connectivity index (χ4n) is 4.59. The van der Waals surface area contributed by atoms with Gasteiger partial charge in [0.05, 0.1) is 12.6 Å². The van der Waals surface area contributed by atoms with Crippen LogP contribution in [-0.2, 0) is 22.7 Å². The molecule has 0 bridgehead atoms. The quantitative estimate of drug-likeness (QED) is 0.319. The lowest BCUT2D eigenvalue weighted by Gasteiger charge is -2.35. The van der Waals surface area contributed by atoms with Crippen molar-refractivity contribution in [2.45, 2.75) is 51.9 Å². The number of ether oxygens (including phenoxy) is 3. The zero-order valence-electron chi connectivity index (χ0n) is 23.1. The van der Waals surface area contributed by atoms with Crippen LogP contribution in [0, 0.1) is 0 Å². The molecule has 1 aliphatic rings. The van der Waals surface area contributed by atoms with Crippen LogP contribution in [0.25, 0.3) is 11.0 Å². The molecule has 1 unspecified atom stereocenters. The Morgan fingerprint density at radius 2 is 1.88 bits per heavy atom. The van der Waals surface area contributed by atoms with Crippen molar-refractivity contribution in [1.29, 1.82) is 0 Å². The SMILES string of the molecule is CCC(C)(C)NC(=O)C(c1cccc(OC)c1)N(Cc1ccc2c(c1)OCO2)C(=O)Cn1nnc2ccccc21. The van der Waals surface area contributed by atoms with Gasteiger partial charge in [-0.2, -0.15) is 0 Å². The van der Waals surface area contributed by atoms with E-state index in [9.17, 15) is 9.59 Å². The molecular formula is C30H33N5O5. The van der Waals surface area contributed by atoms with Gasteiger partial charge in [0.15, 0.2) is 11.5 Å². The average molecular weight is 544 g/mol. The van der Waals surface area contributed by atoms with Crippen molar-refractivity contribution < 1.29 is 23.8 Å². The monoisotopic (exact) mass is 543 g/mol. The van der Waals surface area contributed by atoms with E-state index in [1.54, 1.807) is 28.8 Å². The number of carbonyl (C=O) groups is 2. The summed E-state index contributed by atoms with van der Waals surface area (Å²) < 4.78 is 18.1. The minimum Gasteiger partial charge on any atom is -0.497 e. The van der Waals surface area contributed by atoms with Gasteiger partial charge in [0, 0.05) is 12.1 Å². The first kappa shape index (κ1) is 27.0. The second-order valence-corrected chi connectivity index (χ2v) is 10.4. The summed E-state index contributed by atoms with van der Waals surface area (Å²) >= 11 is 0. The first-order chi connectivity index (χ1) is 19.3. The van der Waals surface area contributed by atoms with Gasteiger partial charge in [-0.05, 0) is 67.8 Å². The number of rotatable bonds is 10. The largest absolute Gasteiger partial charge is 0.497 e. The summed E-state index contributed by atoms with van der Waals surface area (Å²) in [6.45, 7) is 6.10. The molecule has 2 amide bonds. The molecule has 2 heterocycles. The van der Waals surface area contributed by atoms with Crippen LogP contribution >= 0.6 is 0 Å². The Hall–Kier alpha value is -4.60. The summed E-state index contributed by atoms with van der Waals surface area (Å²) in [7, 11) is 1.57. The van der Waals surface area contributed by atoms with E-state index in [-0.39, 0.29) is 31.7 Å². The van der Waals surface area contributed by atoms with Crippen molar-refractivity contribution in [1.82, 2.24) is 25.2 Å². The molecule has 0 saturated heterocycles. The molecule has 208 valence electrons. The zero-order valence-corrected chi connectivity index (χ0v) is 23.1. The van der Waals surface area contributed by atoms with E-state index < -0.39 is 11.6 Å². The van der Waals surface area contributed by atoms with Crippen LogP contribution in [0.15, 0.2) is 66.7 Å². The second-order valence-electron chi connectivity index (χ2n) is 10.4. The molecule has 3 aromatic carbocycles. The van der Waals surface area contributed by atoms with Crippen molar-refractivity contribution in [2.75, 3.05) is 13.9 Å². The second kappa shape index (κ2) is 11.3. The van der Waals surface area contributed by atoms with Crippen molar-refractivity contribution in [3.05, 3.63) is 77.9 Å². The fraction of sp³-hybridized carbons (Fsp3) is 0.333. The Bertz CT molecular complexity index is 1530. The highest BCUT2D eigenvalue weighted by molar-refractivity contribution is 5.89. The molecule has 4 aromatic rings. The molecule has 1 aromatic heterocycles. The lowest BCUT2D eigenvalue weighted by Crippen LogP contribution is -2.50. The lowest BCUT2D eigenvalue weighted by molar-refractivity contribution is -0.143. The van der Waals surface area contributed by atoms with Crippen molar-refractivity contribution >= 4 is 22.8 Å². The molecule has 0 fully saturated rings. The Labute approximate surface area is 232 Å². The maximum atomic E-state index is 14.2. The molecule has 5 rings (SSSR count). The summed E-state index contributed by atoms with van der Waals surface area (Å²) in [4.78, 5) is 29.8. The molecule has 1 atom stereocenters. The van der Waals surface area contributed by atoms with Gasteiger partial charge in [-0.15, -0.1) is 5.10 Å². The summed E-state index contributed by atoms with van der Waals surface area (Å²) in [5.74, 6) is 1.23. The minimum atomic E-state index is -0.950. The van der Waals surface area contributed by atoms with E-state index in [0.717, 1.165) is 11.1 Å². The van der Waals surface area contributed by atoms with Crippen LogP contribution in [0.5, 0.6) is 17.2 Å². The number of aromatic nitrogens is 3. The maximum Gasteiger partial charge on any atom is 0.247 e. The summed E-state index contributed by atoms with van der Waals surface area (Å²) in [6.07, 6.45) is 0.713. The summed E-state index contributed by atoms with van der Waals surface area (Å²) in [6, 6.07) is 19.2. The predicted molar refractivity (Wildman–Crippen MR) is 149 cm³/mol. The Kier molecular flexibility index (Phi) is 7.59. The molecule has 0 spiro atoms. The molecule has 0 saturated carbocycles. The Morgan fingerprint density at radius 3 is 2.67 bits per heavy atom. The van der Waals surface area contributed by atoms with E-state index in [4.69, 9.17) is 14.2 Å². The van der Waals surface area contributed by atoms with Crippen LogP contribution in [0.2, 0.25) is 0 Å². The maximum absolute atomic E-state index is 14.2. The Balaban J connectivity index is 1.57. The number of nitrogens with one attached hydrogen (secondary N) is 1. The van der Waals surface area contributed by atoms with Crippen molar-refractivity contribution in [2.24, 2.45) is 0 Å². The Morgan fingerprint density at radius 1 is 1.07 bits per heavy atom. The third-order valence-electron chi connectivity index (χ3n) is 7.13. The van der Waals surface area contributed by atoms with Crippen LogP contribution in [0.4, 0.5) is 0 Å².